The molecule has 0 amide bonds. The van der Waals surface area contributed by atoms with E-state index in [-0.39, 0.29) is 16.0 Å². The number of allylic oxidation sites excluding steroid dienone is 1. The molecule has 0 spiro atoms. The number of halogens is 2. The Morgan fingerprint density at radius 3 is 2.50 bits per heavy atom. The van der Waals surface area contributed by atoms with Crippen molar-refractivity contribution < 1.29 is 12.8 Å². The lowest BCUT2D eigenvalue weighted by atomic mass is 10.1. The Labute approximate surface area is 98.8 Å². The van der Waals surface area contributed by atoms with Gasteiger partial charge in [-0.2, -0.15) is 0 Å². The topological polar surface area (TPSA) is 60.2 Å². The third-order valence-corrected chi connectivity index (χ3v) is 3.23. The molecule has 1 aromatic carbocycles. The van der Waals surface area contributed by atoms with E-state index in [4.69, 9.17) is 16.7 Å². The van der Waals surface area contributed by atoms with Gasteiger partial charge in [-0.3, -0.25) is 0 Å². The molecule has 0 fully saturated rings. The van der Waals surface area contributed by atoms with Gasteiger partial charge in [-0.15, -0.1) is 0 Å². The first-order valence-corrected chi connectivity index (χ1v) is 6.31. The van der Waals surface area contributed by atoms with Crippen molar-refractivity contribution in [2.75, 3.05) is 0 Å². The van der Waals surface area contributed by atoms with E-state index in [1.165, 1.54) is 13.0 Å². The fraction of sp³-hybridized carbons (Fsp3) is 0.200. The van der Waals surface area contributed by atoms with E-state index in [1.54, 1.807) is 6.92 Å². The summed E-state index contributed by atoms with van der Waals surface area (Å²) in [7, 11) is -3.85. The molecule has 0 bridgehead atoms. The second-order valence-corrected chi connectivity index (χ2v) is 5.49. The van der Waals surface area contributed by atoms with Gasteiger partial charge in [0.05, 0.1) is 4.90 Å². The van der Waals surface area contributed by atoms with Crippen LogP contribution in [-0.2, 0) is 10.0 Å². The van der Waals surface area contributed by atoms with E-state index in [0.717, 1.165) is 12.1 Å². The van der Waals surface area contributed by atoms with Crippen molar-refractivity contribution in [2.24, 2.45) is 5.14 Å². The van der Waals surface area contributed by atoms with Gasteiger partial charge < -0.3 is 0 Å². The molecule has 88 valence electrons. The van der Waals surface area contributed by atoms with Gasteiger partial charge in [0.2, 0.25) is 10.0 Å². The molecule has 0 saturated carbocycles. The summed E-state index contributed by atoms with van der Waals surface area (Å²) in [6.07, 6.45) is 1.36. The standard InChI is InChI=1S/C10H11ClFNO2S/c1-6(11)5-8-7(2)10(16(13,14)15)4-3-9(8)12/h3-5H,1-2H3,(H2,13,14,15). The zero-order valence-corrected chi connectivity index (χ0v) is 10.4. The van der Waals surface area contributed by atoms with Crippen molar-refractivity contribution >= 4 is 27.7 Å². The van der Waals surface area contributed by atoms with Crippen molar-refractivity contribution in [1.82, 2.24) is 0 Å². The summed E-state index contributed by atoms with van der Waals surface area (Å²) in [5.74, 6) is -0.537. The Kier molecular flexibility index (Phi) is 3.72. The quantitative estimate of drug-likeness (QED) is 0.891. The zero-order chi connectivity index (χ0) is 12.5. The predicted molar refractivity (Wildman–Crippen MR) is 62.0 cm³/mol. The average Bonchev–Trinajstić information content (AvgIpc) is 2.09. The summed E-state index contributed by atoms with van der Waals surface area (Å²) < 4.78 is 35.8. The maximum Gasteiger partial charge on any atom is 0.238 e. The van der Waals surface area contributed by atoms with E-state index in [9.17, 15) is 12.8 Å². The number of hydrogen-bond donors (Lipinski definition) is 1. The molecule has 3 nitrogen and oxygen atoms in total. The molecule has 16 heavy (non-hydrogen) atoms. The van der Waals surface area contributed by atoms with Crippen LogP contribution in [0.1, 0.15) is 18.1 Å². The van der Waals surface area contributed by atoms with Crippen molar-refractivity contribution in [1.29, 1.82) is 0 Å². The molecule has 0 heterocycles. The first-order valence-electron chi connectivity index (χ1n) is 4.39. The van der Waals surface area contributed by atoms with Crippen molar-refractivity contribution in [3.8, 4) is 0 Å². The fourth-order valence-corrected chi connectivity index (χ4v) is 2.26. The monoisotopic (exact) mass is 263 g/mol. The van der Waals surface area contributed by atoms with Crippen LogP contribution in [0.2, 0.25) is 0 Å². The largest absolute Gasteiger partial charge is 0.238 e. The molecule has 1 aromatic rings. The molecular weight excluding hydrogens is 253 g/mol. The van der Waals surface area contributed by atoms with Crippen molar-refractivity contribution in [3.05, 3.63) is 34.1 Å². The molecular formula is C10H11ClFNO2S. The van der Waals surface area contributed by atoms with E-state index >= 15 is 0 Å². The maximum absolute atomic E-state index is 13.4. The predicted octanol–water partition coefficient (Wildman–Crippen LogP) is 2.38. The van der Waals surface area contributed by atoms with E-state index in [0.29, 0.717) is 5.03 Å². The van der Waals surface area contributed by atoms with Crippen LogP contribution < -0.4 is 5.14 Å². The average molecular weight is 264 g/mol. The molecule has 1 rings (SSSR count). The molecule has 0 radical (unpaired) electrons. The Balaban J connectivity index is 3.58. The Hall–Kier alpha value is -0.910. The summed E-state index contributed by atoms with van der Waals surface area (Å²) >= 11 is 5.64. The van der Waals surface area contributed by atoms with Gasteiger partial charge in [0.15, 0.2) is 0 Å². The molecule has 0 atom stereocenters. The van der Waals surface area contributed by atoms with Crippen molar-refractivity contribution in [2.45, 2.75) is 18.7 Å². The molecule has 0 unspecified atom stereocenters. The van der Waals surface area contributed by atoms with Crippen LogP contribution in [0.3, 0.4) is 0 Å². The normalized spacial score (nSPS) is 12.9. The number of sulfonamides is 1. The van der Waals surface area contributed by atoms with Gasteiger partial charge in [-0.1, -0.05) is 11.6 Å². The van der Waals surface area contributed by atoms with Crippen LogP contribution in [-0.4, -0.2) is 8.42 Å². The SMILES string of the molecule is CC(Cl)=Cc1c(F)ccc(S(N)(=O)=O)c1C. The van der Waals surface area contributed by atoms with E-state index < -0.39 is 15.8 Å². The van der Waals surface area contributed by atoms with Gasteiger partial charge in [-0.05, 0) is 37.6 Å². The fourth-order valence-electron chi connectivity index (χ4n) is 1.36. The third kappa shape index (κ3) is 2.81. The minimum Gasteiger partial charge on any atom is -0.225 e. The summed E-state index contributed by atoms with van der Waals surface area (Å²) in [5.41, 5.74) is 0.390. The summed E-state index contributed by atoms with van der Waals surface area (Å²) in [6, 6.07) is 2.19. The highest BCUT2D eigenvalue weighted by atomic mass is 35.5. The lowest BCUT2D eigenvalue weighted by Crippen LogP contribution is -2.14. The first-order chi connectivity index (χ1) is 7.23. The van der Waals surface area contributed by atoms with Gasteiger partial charge in [0.25, 0.3) is 0 Å². The summed E-state index contributed by atoms with van der Waals surface area (Å²) in [5, 5.41) is 5.36. The van der Waals surface area contributed by atoms with Gasteiger partial charge in [0.1, 0.15) is 5.82 Å². The highest BCUT2D eigenvalue weighted by Crippen LogP contribution is 2.23. The van der Waals surface area contributed by atoms with Gasteiger partial charge >= 0.3 is 0 Å². The maximum atomic E-state index is 13.4. The number of primary sulfonamides is 1. The highest BCUT2D eigenvalue weighted by molar-refractivity contribution is 7.89. The molecule has 0 aliphatic heterocycles. The van der Waals surface area contributed by atoms with Crippen LogP contribution >= 0.6 is 11.6 Å². The van der Waals surface area contributed by atoms with Crippen LogP contribution in [0.5, 0.6) is 0 Å². The van der Waals surface area contributed by atoms with Crippen LogP contribution in [0, 0.1) is 12.7 Å². The van der Waals surface area contributed by atoms with E-state index in [1.807, 2.05) is 0 Å². The number of hydrogen-bond acceptors (Lipinski definition) is 2. The highest BCUT2D eigenvalue weighted by Gasteiger charge is 2.15. The van der Waals surface area contributed by atoms with Gasteiger partial charge in [0, 0.05) is 10.6 Å². The van der Waals surface area contributed by atoms with Crippen LogP contribution in [0.25, 0.3) is 6.08 Å². The van der Waals surface area contributed by atoms with Crippen LogP contribution in [0.15, 0.2) is 22.1 Å². The minimum absolute atomic E-state index is 0.0990. The summed E-state index contributed by atoms with van der Waals surface area (Å²) in [4.78, 5) is -0.0990. The second kappa shape index (κ2) is 4.53. The number of benzene rings is 1. The smallest absolute Gasteiger partial charge is 0.225 e. The third-order valence-electron chi connectivity index (χ3n) is 2.06. The lowest BCUT2D eigenvalue weighted by Gasteiger charge is -2.08. The number of nitrogens with two attached hydrogens (primary N) is 1. The Bertz CT molecular complexity index is 548. The molecule has 6 heteroatoms. The zero-order valence-electron chi connectivity index (χ0n) is 8.79. The molecule has 0 aromatic heterocycles. The minimum atomic E-state index is -3.85. The van der Waals surface area contributed by atoms with Gasteiger partial charge in [-0.25, -0.2) is 17.9 Å². The first kappa shape index (κ1) is 13.2. The molecule has 0 saturated heterocycles. The lowest BCUT2D eigenvalue weighted by molar-refractivity contribution is 0.595. The molecule has 2 N–H and O–H groups in total. The molecule has 0 aliphatic carbocycles. The number of rotatable bonds is 2. The van der Waals surface area contributed by atoms with Crippen LogP contribution in [0.4, 0.5) is 4.39 Å². The van der Waals surface area contributed by atoms with Crippen molar-refractivity contribution in [3.63, 3.8) is 0 Å². The summed E-state index contributed by atoms with van der Waals surface area (Å²) in [6.45, 7) is 3.05. The molecule has 0 aliphatic rings. The Morgan fingerprint density at radius 1 is 1.50 bits per heavy atom. The second-order valence-electron chi connectivity index (χ2n) is 3.36. The Morgan fingerprint density at radius 2 is 2.06 bits per heavy atom. The van der Waals surface area contributed by atoms with E-state index in [2.05, 4.69) is 0 Å².